The van der Waals surface area contributed by atoms with Gasteiger partial charge in [-0.3, -0.25) is 10.1 Å². The van der Waals surface area contributed by atoms with E-state index in [1.807, 2.05) is 0 Å². The molecule has 2 aliphatic carbocycles. The molecule has 2 saturated carbocycles. The first-order valence-electron chi connectivity index (χ1n) is 7.59. The number of hydrogen-bond donors (Lipinski definition) is 1. The first-order valence-corrected chi connectivity index (χ1v) is 7.59. The van der Waals surface area contributed by atoms with E-state index in [0.717, 1.165) is 25.8 Å². The van der Waals surface area contributed by atoms with E-state index in [2.05, 4.69) is 31.0 Å². The normalized spacial score (nSPS) is 31.4. The zero-order chi connectivity index (χ0) is 13.0. The molecule has 1 atom stereocenters. The molecule has 3 heteroatoms. The predicted octanol–water partition coefficient (Wildman–Crippen LogP) is 2.51. The van der Waals surface area contributed by atoms with Crippen LogP contribution in [0.5, 0.6) is 0 Å². The van der Waals surface area contributed by atoms with Crippen molar-refractivity contribution >= 4 is 5.91 Å². The molecule has 0 aromatic carbocycles. The van der Waals surface area contributed by atoms with E-state index in [-0.39, 0.29) is 5.54 Å². The van der Waals surface area contributed by atoms with Crippen LogP contribution < -0.4 is 5.32 Å². The Labute approximate surface area is 110 Å². The number of carbonyl (C=O) groups excluding carboxylic acids is 1. The van der Waals surface area contributed by atoms with Gasteiger partial charge in [-0.05, 0) is 49.9 Å². The highest BCUT2D eigenvalue weighted by Crippen LogP contribution is 2.51. The Balaban J connectivity index is 1.73. The van der Waals surface area contributed by atoms with Gasteiger partial charge in [0.15, 0.2) is 0 Å². The number of amides is 1. The van der Waals surface area contributed by atoms with Crippen LogP contribution in [0.3, 0.4) is 0 Å². The fourth-order valence-electron chi connectivity index (χ4n) is 3.33. The number of nitrogens with zero attached hydrogens (tertiary/aromatic N) is 1. The van der Waals surface area contributed by atoms with E-state index in [1.165, 1.54) is 19.3 Å². The second-order valence-corrected chi connectivity index (χ2v) is 7.16. The molecule has 1 spiro atoms. The largest absolute Gasteiger partial charge is 0.325 e. The van der Waals surface area contributed by atoms with E-state index in [4.69, 9.17) is 0 Å². The van der Waals surface area contributed by atoms with Crippen LogP contribution in [0.25, 0.3) is 0 Å². The Kier molecular flexibility index (Phi) is 2.74. The third-order valence-electron chi connectivity index (χ3n) is 5.15. The van der Waals surface area contributed by atoms with Crippen molar-refractivity contribution in [3.63, 3.8) is 0 Å². The van der Waals surface area contributed by atoms with Crippen molar-refractivity contribution in [1.82, 2.24) is 10.2 Å². The lowest BCUT2D eigenvalue weighted by molar-refractivity contribution is -0.131. The van der Waals surface area contributed by atoms with Gasteiger partial charge in [0, 0.05) is 6.54 Å². The molecular formula is C15H26N2O. The van der Waals surface area contributed by atoms with Gasteiger partial charge in [-0.2, -0.15) is 0 Å². The first kappa shape index (κ1) is 12.5. The molecule has 0 aromatic heterocycles. The smallest absolute Gasteiger partial charge is 0.244 e. The van der Waals surface area contributed by atoms with Gasteiger partial charge in [0.05, 0.1) is 11.7 Å². The topological polar surface area (TPSA) is 32.3 Å². The van der Waals surface area contributed by atoms with Gasteiger partial charge >= 0.3 is 0 Å². The van der Waals surface area contributed by atoms with Crippen molar-refractivity contribution in [1.29, 1.82) is 0 Å². The molecule has 1 saturated heterocycles. The molecule has 0 bridgehead atoms. The quantitative estimate of drug-likeness (QED) is 0.813. The summed E-state index contributed by atoms with van der Waals surface area (Å²) >= 11 is 0. The SMILES string of the molecule is CCC1(CN2C(=O)C3(CC3)NC2CC(C)C)CC1. The molecule has 3 fully saturated rings. The van der Waals surface area contributed by atoms with Crippen molar-refractivity contribution in [2.75, 3.05) is 6.54 Å². The Morgan fingerprint density at radius 3 is 2.44 bits per heavy atom. The van der Waals surface area contributed by atoms with Crippen LogP contribution in [0.4, 0.5) is 0 Å². The lowest BCUT2D eigenvalue weighted by atomic mass is 10.0. The second-order valence-electron chi connectivity index (χ2n) is 7.16. The summed E-state index contributed by atoms with van der Waals surface area (Å²) in [5, 5.41) is 3.62. The molecule has 1 aliphatic heterocycles. The first-order chi connectivity index (χ1) is 8.50. The molecule has 102 valence electrons. The second kappa shape index (κ2) is 3.96. The van der Waals surface area contributed by atoms with Crippen LogP contribution in [-0.2, 0) is 4.79 Å². The van der Waals surface area contributed by atoms with E-state index in [1.54, 1.807) is 0 Å². The van der Waals surface area contributed by atoms with Gasteiger partial charge in [-0.25, -0.2) is 0 Å². The average molecular weight is 250 g/mol. The zero-order valence-corrected chi connectivity index (χ0v) is 12.0. The number of nitrogens with one attached hydrogen (secondary N) is 1. The van der Waals surface area contributed by atoms with Crippen LogP contribution in [0.15, 0.2) is 0 Å². The molecule has 1 heterocycles. The number of hydrogen-bond acceptors (Lipinski definition) is 2. The Hall–Kier alpha value is -0.570. The van der Waals surface area contributed by atoms with Crippen molar-refractivity contribution < 1.29 is 4.79 Å². The molecule has 0 radical (unpaired) electrons. The van der Waals surface area contributed by atoms with E-state index in [9.17, 15) is 4.79 Å². The van der Waals surface area contributed by atoms with E-state index >= 15 is 0 Å². The van der Waals surface area contributed by atoms with E-state index < -0.39 is 0 Å². The van der Waals surface area contributed by atoms with Gasteiger partial charge in [0.1, 0.15) is 0 Å². The minimum absolute atomic E-state index is 0.136. The Morgan fingerprint density at radius 2 is 2.00 bits per heavy atom. The van der Waals surface area contributed by atoms with Crippen molar-refractivity contribution in [2.45, 2.75) is 71.0 Å². The van der Waals surface area contributed by atoms with Crippen molar-refractivity contribution in [2.24, 2.45) is 11.3 Å². The number of carbonyl (C=O) groups is 1. The van der Waals surface area contributed by atoms with Gasteiger partial charge in [-0.1, -0.05) is 20.8 Å². The fourth-order valence-corrected chi connectivity index (χ4v) is 3.33. The van der Waals surface area contributed by atoms with Crippen LogP contribution in [0, 0.1) is 11.3 Å². The minimum Gasteiger partial charge on any atom is -0.325 e. The maximum atomic E-state index is 12.6. The lowest BCUT2D eigenvalue weighted by Crippen LogP contribution is -2.41. The summed E-state index contributed by atoms with van der Waals surface area (Å²) in [6, 6.07) is 0. The standard InChI is InChI=1S/C15H26N2O/c1-4-14(5-6-14)10-17-12(9-11(2)3)16-15(7-8-15)13(17)18/h11-12,16H,4-10H2,1-3H3. The maximum absolute atomic E-state index is 12.6. The van der Waals surface area contributed by atoms with Gasteiger partial charge in [0.25, 0.3) is 0 Å². The summed E-state index contributed by atoms with van der Waals surface area (Å²) in [5.41, 5.74) is 0.330. The summed E-state index contributed by atoms with van der Waals surface area (Å²) in [4.78, 5) is 14.8. The summed E-state index contributed by atoms with van der Waals surface area (Å²) in [7, 11) is 0. The molecule has 1 unspecified atom stereocenters. The third kappa shape index (κ3) is 1.97. The van der Waals surface area contributed by atoms with Gasteiger partial charge in [0.2, 0.25) is 5.91 Å². The van der Waals surface area contributed by atoms with Crippen LogP contribution in [-0.4, -0.2) is 29.1 Å². The van der Waals surface area contributed by atoms with E-state index in [0.29, 0.717) is 23.4 Å². The maximum Gasteiger partial charge on any atom is 0.244 e. The molecule has 3 nitrogen and oxygen atoms in total. The molecule has 1 N–H and O–H groups in total. The fraction of sp³-hybridized carbons (Fsp3) is 0.933. The molecule has 3 rings (SSSR count). The molecule has 18 heavy (non-hydrogen) atoms. The highest BCUT2D eigenvalue weighted by atomic mass is 16.2. The highest BCUT2D eigenvalue weighted by Gasteiger charge is 2.60. The lowest BCUT2D eigenvalue weighted by Gasteiger charge is -2.29. The highest BCUT2D eigenvalue weighted by molar-refractivity contribution is 5.91. The summed E-state index contributed by atoms with van der Waals surface area (Å²) in [5.74, 6) is 1.04. The molecular weight excluding hydrogens is 224 g/mol. The zero-order valence-electron chi connectivity index (χ0n) is 12.0. The summed E-state index contributed by atoms with van der Waals surface area (Å²) in [6.07, 6.45) is 7.34. The van der Waals surface area contributed by atoms with Crippen LogP contribution >= 0.6 is 0 Å². The van der Waals surface area contributed by atoms with Gasteiger partial charge < -0.3 is 4.90 Å². The molecule has 1 amide bonds. The minimum atomic E-state index is -0.136. The molecule has 0 aromatic rings. The van der Waals surface area contributed by atoms with Crippen molar-refractivity contribution in [3.8, 4) is 0 Å². The molecule has 3 aliphatic rings. The van der Waals surface area contributed by atoms with Crippen LogP contribution in [0.2, 0.25) is 0 Å². The predicted molar refractivity (Wildman–Crippen MR) is 72.0 cm³/mol. The van der Waals surface area contributed by atoms with Crippen molar-refractivity contribution in [3.05, 3.63) is 0 Å². The monoisotopic (exact) mass is 250 g/mol. The Morgan fingerprint density at radius 1 is 1.33 bits per heavy atom. The van der Waals surface area contributed by atoms with Gasteiger partial charge in [-0.15, -0.1) is 0 Å². The van der Waals surface area contributed by atoms with Crippen LogP contribution in [0.1, 0.15) is 59.3 Å². The number of rotatable bonds is 5. The third-order valence-corrected chi connectivity index (χ3v) is 5.15. The summed E-state index contributed by atoms with van der Waals surface area (Å²) in [6.45, 7) is 7.75. The summed E-state index contributed by atoms with van der Waals surface area (Å²) < 4.78 is 0. The average Bonchev–Trinajstić information content (AvgIpc) is 3.19. The Bertz CT molecular complexity index is 356.